The van der Waals surface area contributed by atoms with Crippen LogP contribution in [0.5, 0.6) is 0 Å². The Balaban J connectivity index is 1.44. The maximum absolute atomic E-state index is 13.1. The molecule has 1 aliphatic heterocycles. The van der Waals surface area contributed by atoms with E-state index in [1.165, 1.54) is 0 Å². The lowest BCUT2D eigenvalue weighted by Crippen LogP contribution is -2.45. The van der Waals surface area contributed by atoms with E-state index >= 15 is 0 Å². The number of nitrogens with zero attached hydrogens (tertiary/aromatic N) is 1. The Morgan fingerprint density at radius 2 is 1.71 bits per heavy atom. The molecule has 182 valence electrons. The molecule has 2 aromatic carbocycles. The van der Waals surface area contributed by atoms with Gasteiger partial charge in [0, 0.05) is 30.4 Å². The molecule has 0 radical (unpaired) electrons. The Morgan fingerprint density at radius 3 is 2.35 bits per heavy atom. The van der Waals surface area contributed by atoms with E-state index in [1.807, 2.05) is 12.1 Å². The zero-order valence-electron chi connectivity index (χ0n) is 20.0. The molecular formula is C26H33N3O4S. The van der Waals surface area contributed by atoms with Crippen LogP contribution < -0.4 is 10.0 Å². The summed E-state index contributed by atoms with van der Waals surface area (Å²) in [5.74, 6) is -0.366. The van der Waals surface area contributed by atoms with Crippen LogP contribution in [0, 0.1) is 5.92 Å². The van der Waals surface area contributed by atoms with E-state index in [4.69, 9.17) is 0 Å². The quantitative estimate of drug-likeness (QED) is 0.651. The van der Waals surface area contributed by atoms with Crippen LogP contribution in [0.25, 0.3) is 0 Å². The van der Waals surface area contributed by atoms with Crippen LogP contribution in [0.15, 0.2) is 53.4 Å². The normalized spacial score (nSPS) is 18.9. The number of amides is 2. The van der Waals surface area contributed by atoms with Crippen molar-refractivity contribution < 1.29 is 18.0 Å². The SMILES string of the molecule is CC(C)(C)c1ccc(S(=O)(=O)Nc2cccc(C(=O)N3CCCC(C(=O)NC4CC4)C3)c2)cc1. The Morgan fingerprint density at radius 1 is 1.00 bits per heavy atom. The first kappa shape index (κ1) is 24.3. The average molecular weight is 484 g/mol. The van der Waals surface area contributed by atoms with Crippen LogP contribution in [0.3, 0.4) is 0 Å². The Bertz CT molecular complexity index is 1170. The third-order valence-electron chi connectivity index (χ3n) is 6.40. The molecule has 2 amide bonds. The number of sulfonamides is 1. The fourth-order valence-corrected chi connectivity index (χ4v) is 5.22. The number of likely N-dealkylation sites (tertiary alicyclic amines) is 1. The number of rotatable bonds is 6. The second-order valence-electron chi connectivity index (χ2n) is 10.3. The lowest BCUT2D eigenvalue weighted by molar-refractivity contribution is -0.126. The molecule has 4 rings (SSSR count). The Kier molecular flexibility index (Phi) is 6.71. The summed E-state index contributed by atoms with van der Waals surface area (Å²) in [4.78, 5) is 27.4. The van der Waals surface area contributed by atoms with Gasteiger partial charge in [-0.3, -0.25) is 14.3 Å². The third kappa shape index (κ3) is 5.78. The predicted octanol–water partition coefficient (Wildman–Crippen LogP) is 3.92. The number of piperidine rings is 1. The third-order valence-corrected chi connectivity index (χ3v) is 7.79. The number of hydrogen-bond donors (Lipinski definition) is 2. The van der Waals surface area contributed by atoms with Crippen molar-refractivity contribution in [3.63, 3.8) is 0 Å². The molecule has 2 aliphatic rings. The van der Waals surface area contributed by atoms with Crippen molar-refractivity contribution in [3.05, 3.63) is 59.7 Å². The summed E-state index contributed by atoms with van der Waals surface area (Å²) in [5, 5.41) is 3.03. The molecule has 1 atom stereocenters. The minimum atomic E-state index is -3.80. The van der Waals surface area contributed by atoms with Crippen molar-refractivity contribution in [2.75, 3.05) is 17.8 Å². The molecule has 0 aromatic heterocycles. The minimum Gasteiger partial charge on any atom is -0.353 e. The molecule has 1 unspecified atom stereocenters. The van der Waals surface area contributed by atoms with E-state index in [0.717, 1.165) is 31.2 Å². The summed E-state index contributed by atoms with van der Waals surface area (Å²) in [5.41, 5.74) is 1.69. The highest BCUT2D eigenvalue weighted by molar-refractivity contribution is 7.92. The van der Waals surface area contributed by atoms with Crippen LogP contribution in [0.4, 0.5) is 5.69 Å². The van der Waals surface area contributed by atoms with Gasteiger partial charge in [0.1, 0.15) is 0 Å². The van der Waals surface area contributed by atoms with E-state index in [0.29, 0.717) is 30.4 Å². The molecule has 1 saturated heterocycles. The van der Waals surface area contributed by atoms with Gasteiger partial charge >= 0.3 is 0 Å². The number of benzene rings is 2. The molecule has 7 nitrogen and oxygen atoms in total. The zero-order valence-corrected chi connectivity index (χ0v) is 20.8. The number of anilines is 1. The van der Waals surface area contributed by atoms with Gasteiger partial charge in [-0.25, -0.2) is 8.42 Å². The highest BCUT2D eigenvalue weighted by Gasteiger charge is 2.32. The molecule has 1 saturated carbocycles. The molecule has 34 heavy (non-hydrogen) atoms. The lowest BCUT2D eigenvalue weighted by atomic mass is 9.87. The van der Waals surface area contributed by atoms with Gasteiger partial charge in [0.15, 0.2) is 0 Å². The van der Waals surface area contributed by atoms with Crippen molar-refractivity contribution in [1.29, 1.82) is 0 Å². The monoisotopic (exact) mass is 483 g/mol. The predicted molar refractivity (Wildman–Crippen MR) is 132 cm³/mol. The van der Waals surface area contributed by atoms with Gasteiger partial charge in [-0.15, -0.1) is 0 Å². The fourth-order valence-electron chi connectivity index (χ4n) is 4.17. The smallest absolute Gasteiger partial charge is 0.261 e. The van der Waals surface area contributed by atoms with Crippen LogP contribution in [0.2, 0.25) is 0 Å². The molecule has 1 heterocycles. The first-order valence-corrected chi connectivity index (χ1v) is 13.3. The van der Waals surface area contributed by atoms with E-state index < -0.39 is 10.0 Å². The largest absolute Gasteiger partial charge is 0.353 e. The Hall–Kier alpha value is -2.87. The second-order valence-corrected chi connectivity index (χ2v) is 12.0. The lowest BCUT2D eigenvalue weighted by Gasteiger charge is -2.32. The van der Waals surface area contributed by atoms with Crippen molar-refractivity contribution in [3.8, 4) is 0 Å². The fraction of sp³-hybridized carbons (Fsp3) is 0.462. The second kappa shape index (κ2) is 9.41. The van der Waals surface area contributed by atoms with E-state index in [2.05, 4.69) is 30.8 Å². The van der Waals surface area contributed by atoms with Crippen molar-refractivity contribution >= 4 is 27.5 Å². The van der Waals surface area contributed by atoms with Crippen LogP contribution in [-0.4, -0.2) is 44.3 Å². The molecule has 1 aliphatic carbocycles. The van der Waals surface area contributed by atoms with E-state index in [9.17, 15) is 18.0 Å². The summed E-state index contributed by atoms with van der Waals surface area (Å²) < 4.78 is 28.4. The standard InChI is InChI=1S/C26H33N3O4S/c1-26(2,3)20-9-13-23(14-10-20)34(32,33)28-22-8-4-6-18(16-22)25(31)29-15-5-7-19(17-29)24(30)27-21-11-12-21/h4,6,8-10,13-14,16,19,21,28H,5,7,11-12,15,17H2,1-3H3,(H,27,30). The van der Waals surface area contributed by atoms with Crippen molar-refractivity contribution in [1.82, 2.24) is 10.2 Å². The first-order valence-electron chi connectivity index (χ1n) is 11.9. The summed E-state index contributed by atoms with van der Waals surface area (Å²) in [6.07, 6.45) is 3.61. The van der Waals surface area contributed by atoms with E-state index in [-0.39, 0.29) is 28.0 Å². The molecule has 0 bridgehead atoms. The van der Waals surface area contributed by atoms with Gasteiger partial charge in [-0.1, -0.05) is 39.0 Å². The van der Waals surface area contributed by atoms with Gasteiger partial charge in [-0.05, 0) is 67.0 Å². The summed E-state index contributed by atoms with van der Waals surface area (Å²) >= 11 is 0. The van der Waals surface area contributed by atoms with Gasteiger partial charge in [-0.2, -0.15) is 0 Å². The van der Waals surface area contributed by atoms with Crippen molar-refractivity contribution in [2.45, 2.75) is 62.8 Å². The molecule has 8 heteroatoms. The topological polar surface area (TPSA) is 95.6 Å². The molecule has 2 N–H and O–H groups in total. The van der Waals surface area contributed by atoms with Gasteiger partial charge < -0.3 is 10.2 Å². The molecular weight excluding hydrogens is 450 g/mol. The molecule has 2 aromatic rings. The summed E-state index contributed by atoms with van der Waals surface area (Å²) in [6.45, 7) is 7.18. The maximum Gasteiger partial charge on any atom is 0.261 e. The molecule has 0 spiro atoms. The van der Waals surface area contributed by atoms with Gasteiger partial charge in [0.2, 0.25) is 5.91 Å². The molecule has 2 fully saturated rings. The summed E-state index contributed by atoms with van der Waals surface area (Å²) in [6, 6.07) is 13.6. The number of nitrogens with one attached hydrogen (secondary N) is 2. The first-order chi connectivity index (χ1) is 16.0. The van der Waals surface area contributed by atoms with Gasteiger partial charge in [0.05, 0.1) is 10.8 Å². The van der Waals surface area contributed by atoms with Crippen LogP contribution >= 0.6 is 0 Å². The van der Waals surface area contributed by atoms with Crippen LogP contribution in [0.1, 0.15) is 62.4 Å². The Labute approximate surface area is 202 Å². The van der Waals surface area contributed by atoms with E-state index in [1.54, 1.807) is 41.3 Å². The van der Waals surface area contributed by atoms with Crippen LogP contribution in [-0.2, 0) is 20.2 Å². The number of carbonyl (C=O) groups is 2. The average Bonchev–Trinajstić information content (AvgIpc) is 3.62. The van der Waals surface area contributed by atoms with Gasteiger partial charge in [0.25, 0.3) is 15.9 Å². The highest BCUT2D eigenvalue weighted by atomic mass is 32.2. The van der Waals surface area contributed by atoms with Crippen molar-refractivity contribution in [2.24, 2.45) is 5.92 Å². The number of hydrogen-bond acceptors (Lipinski definition) is 4. The highest BCUT2D eigenvalue weighted by Crippen LogP contribution is 2.26. The minimum absolute atomic E-state index is 0.0268. The summed E-state index contributed by atoms with van der Waals surface area (Å²) in [7, 11) is -3.80. The maximum atomic E-state index is 13.1. The zero-order chi connectivity index (χ0) is 24.5. The number of carbonyl (C=O) groups excluding carboxylic acids is 2.